The number of amides is 3. The van der Waals surface area contributed by atoms with E-state index in [1.807, 2.05) is 13.8 Å². The van der Waals surface area contributed by atoms with Crippen molar-refractivity contribution in [2.24, 2.45) is 5.92 Å². The molecule has 0 aliphatic carbocycles. The van der Waals surface area contributed by atoms with Crippen molar-refractivity contribution in [3.8, 4) is 5.75 Å². The van der Waals surface area contributed by atoms with Crippen LogP contribution in [-0.4, -0.2) is 86.9 Å². The van der Waals surface area contributed by atoms with Crippen LogP contribution in [-0.2, 0) is 14.8 Å². The molecule has 0 bridgehead atoms. The van der Waals surface area contributed by atoms with Gasteiger partial charge in [-0.05, 0) is 87.0 Å². The average Bonchev–Trinajstić information content (AvgIpc) is 3.60. The van der Waals surface area contributed by atoms with Crippen molar-refractivity contribution in [2.45, 2.75) is 62.5 Å². The molecule has 3 N–H and O–H groups in total. The topological polar surface area (TPSA) is 138 Å². The molecule has 0 saturated carbocycles. The molecule has 256 valence electrons. The third-order valence-corrected chi connectivity index (χ3v) is 10.7. The molecule has 11 nitrogen and oxygen atoms in total. The number of hydrogen-bond donors (Lipinski definition) is 3. The van der Waals surface area contributed by atoms with Crippen LogP contribution in [0.4, 0.5) is 20.6 Å². The minimum absolute atomic E-state index is 0.139. The smallest absolute Gasteiger partial charge is 0.321 e. The average molecular weight is 691 g/mol. The van der Waals surface area contributed by atoms with Gasteiger partial charge in [-0.15, -0.1) is 11.3 Å². The molecule has 1 aliphatic heterocycles. The quantitative estimate of drug-likeness (QED) is 0.278. The summed E-state index contributed by atoms with van der Waals surface area (Å²) >= 11 is 1.08. The van der Waals surface area contributed by atoms with E-state index in [2.05, 4.69) is 10.0 Å². The van der Waals surface area contributed by atoms with Gasteiger partial charge in [0, 0.05) is 44.0 Å². The van der Waals surface area contributed by atoms with Crippen molar-refractivity contribution in [1.29, 1.82) is 0 Å². The highest BCUT2D eigenvalue weighted by molar-refractivity contribution is 7.94. The third kappa shape index (κ3) is 9.89. The molecular formula is C33H43FN4O7S2. The minimum atomic E-state index is -3.87. The molecule has 3 amide bonds. The van der Waals surface area contributed by atoms with E-state index < -0.39 is 39.9 Å². The number of nitrogens with zero attached hydrogens (tertiary/aromatic N) is 2. The number of rotatable bonds is 8. The van der Waals surface area contributed by atoms with E-state index in [1.165, 1.54) is 46.2 Å². The number of thiophene rings is 1. The lowest BCUT2D eigenvalue weighted by molar-refractivity contribution is -0.0115. The lowest BCUT2D eigenvalue weighted by Crippen LogP contribution is -2.48. The Hall–Kier alpha value is -3.72. The number of benzene rings is 2. The summed E-state index contributed by atoms with van der Waals surface area (Å²) < 4.78 is 54.5. The van der Waals surface area contributed by atoms with Crippen LogP contribution >= 0.6 is 11.3 Å². The van der Waals surface area contributed by atoms with Gasteiger partial charge in [0.25, 0.3) is 15.9 Å². The Balaban J connectivity index is 1.61. The third-order valence-electron chi connectivity index (χ3n) is 7.96. The van der Waals surface area contributed by atoms with E-state index in [9.17, 15) is 27.5 Å². The van der Waals surface area contributed by atoms with Crippen LogP contribution in [0.2, 0.25) is 0 Å². The van der Waals surface area contributed by atoms with E-state index in [1.54, 1.807) is 37.6 Å². The van der Waals surface area contributed by atoms with Crippen molar-refractivity contribution in [3.63, 3.8) is 0 Å². The van der Waals surface area contributed by atoms with Crippen molar-refractivity contribution < 1.29 is 37.0 Å². The lowest BCUT2D eigenvalue weighted by atomic mass is 10.0. The van der Waals surface area contributed by atoms with Crippen LogP contribution in [0, 0.1) is 11.7 Å². The molecule has 14 heteroatoms. The second-order valence-electron chi connectivity index (χ2n) is 11.9. The Bertz CT molecular complexity index is 1590. The SMILES string of the molecule is C[C@@H]1CCCCO[C@@H](CN(C)C(=O)Nc2ccc(F)cc2)[C@H](C)CN([C@H](C)CO)C(=O)c2cc(NS(=O)(=O)c3cccs3)ccc2O1. The highest BCUT2D eigenvalue weighted by Gasteiger charge is 2.31. The van der Waals surface area contributed by atoms with Crippen molar-refractivity contribution in [3.05, 3.63) is 71.4 Å². The zero-order valence-electron chi connectivity index (χ0n) is 27.0. The second-order valence-corrected chi connectivity index (χ2v) is 14.7. The summed E-state index contributed by atoms with van der Waals surface area (Å²) in [5.74, 6) is -0.836. The molecule has 47 heavy (non-hydrogen) atoms. The fourth-order valence-electron chi connectivity index (χ4n) is 5.18. The summed E-state index contributed by atoms with van der Waals surface area (Å²) in [5, 5.41) is 14.6. The maximum absolute atomic E-state index is 14.3. The minimum Gasteiger partial charge on any atom is -0.490 e. The lowest BCUT2D eigenvalue weighted by Gasteiger charge is -2.35. The summed E-state index contributed by atoms with van der Waals surface area (Å²) in [4.78, 5) is 30.3. The predicted molar refractivity (Wildman–Crippen MR) is 180 cm³/mol. The van der Waals surface area contributed by atoms with Gasteiger partial charge in [0.1, 0.15) is 15.8 Å². The summed E-state index contributed by atoms with van der Waals surface area (Å²) in [7, 11) is -2.24. The van der Waals surface area contributed by atoms with Gasteiger partial charge >= 0.3 is 6.03 Å². The fourth-order valence-corrected chi connectivity index (χ4v) is 7.22. The Kier molecular flexibility index (Phi) is 12.6. The number of fused-ring (bicyclic) bond motifs is 1. The monoisotopic (exact) mass is 690 g/mol. The first-order valence-electron chi connectivity index (χ1n) is 15.6. The van der Waals surface area contributed by atoms with Crippen LogP contribution in [0.1, 0.15) is 50.4 Å². The van der Waals surface area contributed by atoms with E-state index in [0.717, 1.165) is 24.2 Å². The van der Waals surface area contributed by atoms with E-state index >= 15 is 0 Å². The number of carbonyl (C=O) groups is 2. The molecule has 4 atom stereocenters. The first-order valence-corrected chi connectivity index (χ1v) is 17.9. The van der Waals surface area contributed by atoms with E-state index in [4.69, 9.17) is 9.47 Å². The van der Waals surface area contributed by atoms with Gasteiger partial charge in [0.2, 0.25) is 0 Å². The molecule has 0 radical (unpaired) electrons. The van der Waals surface area contributed by atoms with Gasteiger partial charge in [-0.2, -0.15) is 0 Å². The van der Waals surface area contributed by atoms with Gasteiger partial charge in [-0.1, -0.05) is 13.0 Å². The summed E-state index contributed by atoms with van der Waals surface area (Å²) in [6.07, 6.45) is 1.49. The van der Waals surface area contributed by atoms with Crippen LogP contribution in [0.5, 0.6) is 5.75 Å². The Morgan fingerprint density at radius 1 is 1.15 bits per heavy atom. The number of sulfonamides is 1. The number of aliphatic hydroxyl groups is 1. The number of hydrogen-bond acceptors (Lipinski definition) is 8. The molecule has 2 aromatic carbocycles. The largest absolute Gasteiger partial charge is 0.490 e. The van der Waals surface area contributed by atoms with Crippen molar-refractivity contribution >= 4 is 44.7 Å². The summed E-state index contributed by atoms with van der Waals surface area (Å²) in [5.41, 5.74) is 0.799. The predicted octanol–water partition coefficient (Wildman–Crippen LogP) is 5.65. The molecule has 2 heterocycles. The Morgan fingerprint density at radius 2 is 1.87 bits per heavy atom. The number of anilines is 2. The molecule has 0 fully saturated rings. The van der Waals surface area contributed by atoms with Crippen molar-refractivity contribution in [2.75, 3.05) is 43.4 Å². The number of likely N-dealkylation sites (N-methyl/N-ethyl adjacent to an activating group) is 1. The molecule has 3 aromatic rings. The van der Waals surface area contributed by atoms with Crippen LogP contribution < -0.4 is 14.8 Å². The number of halogens is 1. The van der Waals surface area contributed by atoms with E-state index in [-0.39, 0.29) is 47.2 Å². The highest BCUT2D eigenvalue weighted by Crippen LogP contribution is 2.30. The van der Waals surface area contributed by atoms with Crippen LogP contribution in [0.25, 0.3) is 0 Å². The first-order chi connectivity index (χ1) is 22.4. The normalized spacial score (nSPS) is 20.3. The van der Waals surface area contributed by atoms with Gasteiger partial charge in [0.15, 0.2) is 0 Å². The number of carbonyl (C=O) groups excluding carboxylic acids is 2. The highest BCUT2D eigenvalue weighted by atomic mass is 32.2. The molecule has 0 spiro atoms. The second kappa shape index (κ2) is 16.4. The number of nitrogens with one attached hydrogen (secondary N) is 2. The molecule has 0 saturated heterocycles. The molecule has 1 aliphatic rings. The number of urea groups is 1. The van der Waals surface area contributed by atoms with Gasteiger partial charge in [0.05, 0.1) is 30.4 Å². The van der Waals surface area contributed by atoms with E-state index in [0.29, 0.717) is 24.5 Å². The maximum atomic E-state index is 14.3. The fraction of sp³-hybridized carbons (Fsp3) is 0.455. The molecule has 1 aromatic heterocycles. The van der Waals surface area contributed by atoms with Crippen LogP contribution in [0.3, 0.4) is 0 Å². The van der Waals surface area contributed by atoms with Gasteiger partial charge in [-0.3, -0.25) is 9.52 Å². The Morgan fingerprint density at radius 3 is 2.55 bits per heavy atom. The number of ether oxygens (including phenoxy) is 2. The van der Waals surface area contributed by atoms with Crippen LogP contribution in [0.15, 0.2) is 64.2 Å². The van der Waals surface area contributed by atoms with Gasteiger partial charge < -0.3 is 29.7 Å². The molecular weight excluding hydrogens is 648 g/mol. The van der Waals surface area contributed by atoms with Crippen molar-refractivity contribution in [1.82, 2.24) is 9.80 Å². The standard InChI is InChI=1S/C33H43FN4O7S2/c1-22-19-38(23(2)21-39)32(40)28-18-27(36-47(42,43)31-9-7-17-46-31)14-15-29(28)45-24(3)8-5-6-16-44-30(22)20-37(4)33(41)35-26-12-10-25(34)11-13-26/h7,9-15,17-18,22-24,30,36,39H,5-6,8,16,19-21H2,1-4H3,(H,35,41)/t22-,23-,24-,30+/m1/s1. The summed E-state index contributed by atoms with van der Waals surface area (Å²) in [6.45, 7) is 6.02. The molecule has 0 unspecified atom stereocenters. The maximum Gasteiger partial charge on any atom is 0.321 e. The zero-order valence-corrected chi connectivity index (χ0v) is 28.7. The first kappa shape index (κ1) is 36.1. The Labute approximate surface area is 279 Å². The zero-order chi connectivity index (χ0) is 34.1. The molecule has 4 rings (SSSR count). The summed E-state index contributed by atoms with van der Waals surface area (Å²) in [6, 6.07) is 12.2. The number of aliphatic hydroxyl groups excluding tert-OH is 1. The van der Waals surface area contributed by atoms with Gasteiger partial charge in [-0.25, -0.2) is 17.6 Å².